The van der Waals surface area contributed by atoms with E-state index in [0.29, 0.717) is 5.92 Å². The highest BCUT2D eigenvalue weighted by Crippen LogP contribution is 2.29. The summed E-state index contributed by atoms with van der Waals surface area (Å²) in [5, 5.41) is 0. The van der Waals surface area contributed by atoms with E-state index in [-0.39, 0.29) is 0 Å². The van der Waals surface area contributed by atoms with Crippen molar-refractivity contribution in [2.24, 2.45) is 0 Å². The van der Waals surface area contributed by atoms with Gasteiger partial charge in [-0.2, -0.15) is 0 Å². The zero-order chi connectivity index (χ0) is 14.3. The van der Waals surface area contributed by atoms with Crippen LogP contribution in [0.4, 0.5) is 0 Å². The van der Waals surface area contributed by atoms with Crippen molar-refractivity contribution < 1.29 is 4.74 Å². The molecule has 0 spiro atoms. The van der Waals surface area contributed by atoms with E-state index in [4.69, 9.17) is 4.74 Å². The van der Waals surface area contributed by atoms with E-state index in [9.17, 15) is 0 Å². The average molecular weight is 258 g/mol. The molecule has 0 aliphatic heterocycles. The molecular weight excluding hydrogens is 232 g/mol. The third kappa shape index (κ3) is 4.63. The minimum atomic E-state index is 0.485. The van der Waals surface area contributed by atoms with Gasteiger partial charge in [-0.05, 0) is 55.0 Å². The fraction of sp³-hybridized carbons (Fsp3) is 0.556. The molecular formula is C18H26O. The summed E-state index contributed by atoms with van der Waals surface area (Å²) in [5.41, 5.74) is 4.06. The lowest BCUT2D eigenvalue weighted by Crippen LogP contribution is -2.02. The maximum atomic E-state index is 5.72. The summed E-state index contributed by atoms with van der Waals surface area (Å²) >= 11 is 0. The van der Waals surface area contributed by atoms with Gasteiger partial charge in [0.2, 0.25) is 0 Å². The zero-order valence-electron chi connectivity index (χ0n) is 13.0. The molecule has 1 nitrogen and oxygen atoms in total. The Balaban J connectivity index is 2.89. The van der Waals surface area contributed by atoms with E-state index in [2.05, 4.69) is 58.6 Å². The highest BCUT2D eigenvalue weighted by Gasteiger charge is 2.12. The summed E-state index contributed by atoms with van der Waals surface area (Å²) in [5.74, 6) is 7.89. The Bertz CT molecular complexity index is 439. The molecule has 1 aromatic carbocycles. The largest absolute Gasteiger partial charge is 0.494 e. The Morgan fingerprint density at radius 2 is 1.74 bits per heavy atom. The second-order valence-electron chi connectivity index (χ2n) is 5.13. The van der Waals surface area contributed by atoms with E-state index >= 15 is 0 Å². The number of rotatable bonds is 5. The summed E-state index contributed by atoms with van der Waals surface area (Å²) in [6.45, 7) is 11.6. The van der Waals surface area contributed by atoms with E-state index < -0.39 is 0 Å². The normalized spacial score (nSPS) is 11.6. The lowest BCUT2D eigenvalue weighted by Gasteiger charge is -2.17. The second kappa shape index (κ2) is 7.89. The number of hydrogen-bond acceptors (Lipinski definition) is 1. The smallest absolute Gasteiger partial charge is 0.119 e. The molecule has 0 saturated heterocycles. The average Bonchev–Trinajstić information content (AvgIpc) is 2.36. The molecule has 1 atom stereocenters. The molecule has 0 fully saturated rings. The first-order chi connectivity index (χ1) is 9.10. The molecule has 0 aliphatic rings. The summed E-state index contributed by atoms with van der Waals surface area (Å²) in [4.78, 5) is 0. The molecule has 0 N–H and O–H groups in total. The minimum absolute atomic E-state index is 0.485. The topological polar surface area (TPSA) is 9.23 Å². The van der Waals surface area contributed by atoms with Crippen LogP contribution in [0.1, 0.15) is 62.6 Å². The van der Waals surface area contributed by atoms with Gasteiger partial charge < -0.3 is 4.74 Å². The minimum Gasteiger partial charge on any atom is -0.494 e. The number of aryl methyl sites for hydroxylation is 2. The van der Waals surface area contributed by atoms with Crippen molar-refractivity contribution in [3.8, 4) is 17.6 Å². The Morgan fingerprint density at radius 1 is 1.11 bits per heavy atom. The van der Waals surface area contributed by atoms with E-state index in [0.717, 1.165) is 31.6 Å². The van der Waals surface area contributed by atoms with Gasteiger partial charge >= 0.3 is 0 Å². The highest BCUT2D eigenvalue weighted by molar-refractivity contribution is 5.43. The van der Waals surface area contributed by atoms with Crippen LogP contribution in [-0.4, -0.2) is 6.61 Å². The van der Waals surface area contributed by atoms with E-state index in [1.807, 2.05) is 0 Å². The van der Waals surface area contributed by atoms with Crippen molar-refractivity contribution in [1.29, 1.82) is 0 Å². The zero-order valence-corrected chi connectivity index (χ0v) is 13.0. The van der Waals surface area contributed by atoms with Crippen LogP contribution in [0.15, 0.2) is 12.1 Å². The van der Waals surface area contributed by atoms with Gasteiger partial charge in [-0.25, -0.2) is 0 Å². The summed E-state index contributed by atoms with van der Waals surface area (Å²) < 4.78 is 5.72. The summed E-state index contributed by atoms with van der Waals surface area (Å²) in [6.07, 6.45) is 2.92. The van der Waals surface area contributed by atoms with Gasteiger partial charge in [0, 0.05) is 12.8 Å². The molecule has 0 heterocycles. The van der Waals surface area contributed by atoms with Gasteiger partial charge in [-0.3, -0.25) is 0 Å². The fourth-order valence-corrected chi connectivity index (χ4v) is 2.47. The van der Waals surface area contributed by atoms with E-state index in [1.165, 1.54) is 16.7 Å². The first-order valence-corrected chi connectivity index (χ1v) is 7.29. The van der Waals surface area contributed by atoms with Gasteiger partial charge in [0.25, 0.3) is 0 Å². The lowest BCUT2D eigenvalue weighted by atomic mass is 9.90. The Kier molecular flexibility index (Phi) is 6.50. The maximum absolute atomic E-state index is 5.72. The van der Waals surface area contributed by atoms with Crippen LogP contribution in [0.5, 0.6) is 5.75 Å². The molecule has 0 aliphatic carbocycles. The van der Waals surface area contributed by atoms with Crippen LogP contribution in [0.2, 0.25) is 0 Å². The molecule has 19 heavy (non-hydrogen) atoms. The highest BCUT2D eigenvalue weighted by atomic mass is 16.5. The Hall–Kier alpha value is -1.42. The molecule has 0 radical (unpaired) electrons. The number of benzene rings is 1. The SMILES string of the molecule is CCC#CCC(C)c1c(C)cc(OCCC)cc1C. The number of ether oxygens (including phenoxy) is 1. The first-order valence-electron chi connectivity index (χ1n) is 7.29. The van der Waals surface area contributed by atoms with Crippen molar-refractivity contribution in [1.82, 2.24) is 0 Å². The summed E-state index contributed by atoms with van der Waals surface area (Å²) in [7, 11) is 0. The van der Waals surface area contributed by atoms with Crippen LogP contribution < -0.4 is 4.74 Å². The van der Waals surface area contributed by atoms with Crippen LogP contribution >= 0.6 is 0 Å². The van der Waals surface area contributed by atoms with Crippen molar-refractivity contribution in [2.75, 3.05) is 6.61 Å². The van der Waals surface area contributed by atoms with Crippen LogP contribution in [-0.2, 0) is 0 Å². The third-order valence-corrected chi connectivity index (χ3v) is 3.24. The fourth-order valence-electron chi connectivity index (χ4n) is 2.47. The molecule has 1 unspecified atom stereocenters. The molecule has 1 aromatic rings. The predicted octanol–water partition coefficient (Wildman–Crippen LogP) is 5.00. The molecule has 1 rings (SSSR count). The molecule has 0 aromatic heterocycles. The predicted molar refractivity (Wildman–Crippen MR) is 82.8 cm³/mol. The monoisotopic (exact) mass is 258 g/mol. The Morgan fingerprint density at radius 3 is 2.26 bits per heavy atom. The summed E-state index contributed by atoms with van der Waals surface area (Å²) in [6, 6.07) is 4.31. The van der Waals surface area contributed by atoms with Gasteiger partial charge in [0.15, 0.2) is 0 Å². The van der Waals surface area contributed by atoms with Crippen LogP contribution in [0.3, 0.4) is 0 Å². The number of hydrogen-bond donors (Lipinski definition) is 0. The van der Waals surface area contributed by atoms with Crippen molar-refractivity contribution in [2.45, 2.75) is 59.8 Å². The molecule has 1 heteroatoms. The Labute approximate surface area is 118 Å². The molecule has 104 valence electrons. The van der Waals surface area contributed by atoms with Crippen molar-refractivity contribution in [3.63, 3.8) is 0 Å². The van der Waals surface area contributed by atoms with Crippen molar-refractivity contribution in [3.05, 3.63) is 28.8 Å². The molecule has 0 bridgehead atoms. The van der Waals surface area contributed by atoms with Gasteiger partial charge in [-0.1, -0.05) is 20.8 Å². The standard InChI is InChI=1S/C18H26O/c1-6-8-9-10-14(3)18-15(4)12-17(13-16(18)5)19-11-7-2/h12-14H,6-7,10-11H2,1-5H3. The van der Waals surface area contributed by atoms with E-state index in [1.54, 1.807) is 0 Å². The molecule has 0 amide bonds. The van der Waals surface area contributed by atoms with Crippen LogP contribution in [0.25, 0.3) is 0 Å². The van der Waals surface area contributed by atoms with Gasteiger partial charge in [-0.15, -0.1) is 11.8 Å². The first kappa shape index (κ1) is 15.6. The lowest BCUT2D eigenvalue weighted by molar-refractivity contribution is 0.317. The van der Waals surface area contributed by atoms with Gasteiger partial charge in [0.05, 0.1) is 6.61 Å². The van der Waals surface area contributed by atoms with Crippen molar-refractivity contribution >= 4 is 0 Å². The maximum Gasteiger partial charge on any atom is 0.119 e. The van der Waals surface area contributed by atoms with Gasteiger partial charge in [0.1, 0.15) is 5.75 Å². The molecule has 0 saturated carbocycles. The quantitative estimate of drug-likeness (QED) is 0.675. The van der Waals surface area contributed by atoms with Crippen LogP contribution in [0, 0.1) is 25.7 Å². The third-order valence-electron chi connectivity index (χ3n) is 3.24. The second-order valence-corrected chi connectivity index (χ2v) is 5.13.